The number of hydrogen-bond donors (Lipinski definition) is 0. The molecule has 4 aromatic rings. The molecule has 0 saturated carbocycles. The first-order valence-electron chi connectivity index (χ1n) is 11.2. The fourth-order valence-electron chi connectivity index (χ4n) is 3.99. The average molecular weight is 443 g/mol. The van der Waals surface area contributed by atoms with E-state index in [2.05, 4.69) is 42.7 Å². The van der Waals surface area contributed by atoms with Crippen LogP contribution in [-0.2, 0) is 13.2 Å². The van der Waals surface area contributed by atoms with Crippen LogP contribution in [0.1, 0.15) is 29.4 Å². The second-order valence-corrected chi connectivity index (χ2v) is 7.94. The van der Waals surface area contributed by atoms with E-state index in [1.165, 1.54) is 0 Å². The Hall–Kier alpha value is -3.73. The molecule has 0 fully saturated rings. The molecule has 3 aromatic carbocycles. The van der Waals surface area contributed by atoms with Crippen LogP contribution in [0.2, 0.25) is 0 Å². The van der Waals surface area contributed by atoms with E-state index >= 15 is 0 Å². The Bertz CT molecular complexity index is 1250. The number of allylic oxidation sites excluding steroid dienone is 1. The van der Waals surface area contributed by atoms with Gasteiger partial charge in [-0.2, -0.15) is 0 Å². The van der Waals surface area contributed by atoms with Crippen molar-refractivity contribution in [2.75, 3.05) is 13.7 Å². The molecule has 170 valence electrons. The summed E-state index contributed by atoms with van der Waals surface area (Å²) in [4.78, 5) is 4.82. The fourth-order valence-corrected chi connectivity index (χ4v) is 3.99. The molecule has 0 aliphatic carbocycles. The number of aromatic nitrogens is 2. The number of rotatable bonds is 9. The van der Waals surface area contributed by atoms with Crippen LogP contribution in [0, 0.1) is 13.8 Å². The molecular weight excluding hydrogens is 412 g/mol. The minimum atomic E-state index is 0.331. The fraction of sp³-hybridized carbons (Fsp3) is 0.250. The summed E-state index contributed by atoms with van der Waals surface area (Å²) < 4.78 is 20.0. The second-order valence-electron chi connectivity index (χ2n) is 7.94. The number of methoxy groups -OCH3 is 1. The molecule has 0 unspecified atom stereocenters. The number of imidazole rings is 1. The minimum absolute atomic E-state index is 0.331. The standard InChI is InChI=1S/C28H30N2O3/c1-5-9-22-14-15-25(26(18-22)31-4)33-19-27-29-23-12-6-7-13-24(23)30(27)16-17-32-28-20(2)10-8-11-21(28)3/h5-15,18H,16-17,19H2,1-4H3/b9-5-. The Balaban J connectivity index is 1.54. The van der Waals surface area contributed by atoms with Gasteiger partial charge in [0, 0.05) is 0 Å². The summed E-state index contributed by atoms with van der Waals surface area (Å²) in [5, 5.41) is 0. The van der Waals surface area contributed by atoms with Gasteiger partial charge in [-0.25, -0.2) is 4.98 Å². The van der Waals surface area contributed by atoms with Crippen molar-refractivity contribution in [1.82, 2.24) is 9.55 Å². The largest absolute Gasteiger partial charge is 0.493 e. The van der Waals surface area contributed by atoms with Gasteiger partial charge in [0.25, 0.3) is 0 Å². The highest BCUT2D eigenvalue weighted by Crippen LogP contribution is 2.30. The maximum absolute atomic E-state index is 6.16. The molecular formula is C28H30N2O3. The van der Waals surface area contributed by atoms with Crippen molar-refractivity contribution in [3.8, 4) is 17.2 Å². The Morgan fingerprint density at radius 2 is 1.70 bits per heavy atom. The van der Waals surface area contributed by atoms with Crippen molar-refractivity contribution in [3.63, 3.8) is 0 Å². The van der Waals surface area contributed by atoms with Gasteiger partial charge in [0.1, 0.15) is 24.8 Å². The summed E-state index contributed by atoms with van der Waals surface area (Å²) in [5.74, 6) is 3.19. The monoisotopic (exact) mass is 442 g/mol. The highest BCUT2D eigenvalue weighted by Gasteiger charge is 2.13. The van der Waals surface area contributed by atoms with E-state index < -0.39 is 0 Å². The van der Waals surface area contributed by atoms with Gasteiger partial charge >= 0.3 is 0 Å². The lowest BCUT2D eigenvalue weighted by molar-refractivity contribution is 0.261. The molecule has 1 heterocycles. The smallest absolute Gasteiger partial charge is 0.161 e. The van der Waals surface area contributed by atoms with Crippen LogP contribution in [0.5, 0.6) is 17.2 Å². The van der Waals surface area contributed by atoms with Crippen molar-refractivity contribution in [1.29, 1.82) is 0 Å². The van der Waals surface area contributed by atoms with Crippen molar-refractivity contribution in [2.24, 2.45) is 0 Å². The second kappa shape index (κ2) is 10.3. The number of hydrogen-bond acceptors (Lipinski definition) is 4. The van der Waals surface area contributed by atoms with Crippen LogP contribution in [0.4, 0.5) is 0 Å². The highest BCUT2D eigenvalue weighted by atomic mass is 16.5. The van der Waals surface area contributed by atoms with Gasteiger partial charge in [0.05, 0.1) is 24.7 Å². The zero-order chi connectivity index (χ0) is 23.2. The molecule has 0 aliphatic rings. The molecule has 0 spiro atoms. The number of para-hydroxylation sites is 3. The van der Waals surface area contributed by atoms with Gasteiger partial charge in [-0.05, 0) is 61.7 Å². The van der Waals surface area contributed by atoms with Crippen LogP contribution >= 0.6 is 0 Å². The quantitative estimate of drug-likeness (QED) is 0.303. The summed E-state index contributed by atoms with van der Waals surface area (Å²) >= 11 is 0. The molecule has 1 aromatic heterocycles. The zero-order valence-electron chi connectivity index (χ0n) is 19.7. The molecule has 0 aliphatic heterocycles. The first-order valence-corrected chi connectivity index (χ1v) is 11.2. The van der Waals surface area contributed by atoms with Crippen LogP contribution < -0.4 is 14.2 Å². The van der Waals surface area contributed by atoms with E-state index in [0.717, 1.165) is 39.3 Å². The molecule has 0 atom stereocenters. The molecule has 33 heavy (non-hydrogen) atoms. The summed E-state index contributed by atoms with van der Waals surface area (Å²) in [6.45, 7) is 7.68. The van der Waals surface area contributed by atoms with Gasteiger partial charge < -0.3 is 18.8 Å². The Labute approximate surface area is 195 Å². The molecule has 0 N–H and O–H groups in total. The third kappa shape index (κ3) is 5.03. The topological polar surface area (TPSA) is 45.5 Å². The normalized spacial score (nSPS) is 11.3. The Kier molecular flexibility index (Phi) is 6.98. The summed E-state index contributed by atoms with van der Waals surface area (Å²) in [7, 11) is 1.65. The number of ether oxygens (including phenoxy) is 3. The number of aryl methyl sites for hydroxylation is 2. The number of fused-ring (bicyclic) bond motifs is 1. The SMILES string of the molecule is C/C=C\c1ccc(OCc2nc3ccccc3n2CCOc2c(C)cccc2C)c(OC)c1. The van der Waals surface area contributed by atoms with E-state index in [0.29, 0.717) is 31.3 Å². The van der Waals surface area contributed by atoms with Crippen molar-refractivity contribution in [2.45, 2.75) is 33.9 Å². The summed E-state index contributed by atoms with van der Waals surface area (Å²) in [6, 6.07) is 20.2. The van der Waals surface area contributed by atoms with E-state index in [1.54, 1.807) is 7.11 Å². The summed E-state index contributed by atoms with van der Waals surface area (Å²) in [5.41, 5.74) is 5.36. The molecule has 5 nitrogen and oxygen atoms in total. The van der Waals surface area contributed by atoms with Crippen LogP contribution in [-0.4, -0.2) is 23.3 Å². The molecule has 5 heteroatoms. The van der Waals surface area contributed by atoms with Crippen molar-refractivity contribution < 1.29 is 14.2 Å². The van der Waals surface area contributed by atoms with E-state index in [-0.39, 0.29) is 0 Å². The number of nitrogens with zero attached hydrogens (tertiary/aromatic N) is 2. The number of benzene rings is 3. The third-order valence-corrected chi connectivity index (χ3v) is 5.61. The molecule has 0 amide bonds. The minimum Gasteiger partial charge on any atom is -0.493 e. The van der Waals surface area contributed by atoms with Crippen molar-refractivity contribution >= 4 is 17.1 Å². The van der Waals surface area contributed by atoms with Gasteiger partial charge in [0.2, 0.25) is 0 Å². The lowest BCUT2D eigenvalue weighted by Gasteiger charge is -2.15. The maximum atomic E-state index is 6.16. The van der Waals surface area contributed by atoms with Gasteiger partial charge in [-0.3, -0.25) is 0 Å². The molecule has 0 saturated heterocycles. The molecule has 4 rings (SSSR count). The zero-order valence-corrected chi connectivity index (χ0v) is 19.7. The van der Waals surface area contributed by atoms with Crippen LogP contribution in [0.3, 0.4) is 0 Å². The van der Waals surface area contributed by atoms with E-state index in [4.69, 9.17) is 19.2 Å². The lowest BCUT2D eigenvalue weighted by Crippen LogP contribution is -2.13. The molecule has 0 bridgehead atoms. The average Bonchev–Trinajstić information content (AvgIpc) is 3.17. The predicted octanol–water partition coefficient (Wildman–Crippen LogP) is 6.35. The van der Waals surface area contributed by atoms with E-state index in [9.17, 15) is 0 Å². The first-order chi connectivity index (χ1) is 16.1. The van der Waals surface area contributed by atoms with Gasteiger partial charge in [-0.15, -0.1) is 0 Å². The van der Waals surface area contributed by atoms with Crippen molar-refractivity contribution in [3.05, 3.63) is 89.3 Å². The highest BCUT2D eigenvalue weighted by molar-refractivity contribution is 5.75. The predicted molar refractivity (Wildman–Crippen MR) is 133 cm³/mol. The first kappa shape index (κ1) is 22.5. The lowest BCUT2D eigenvalue weighted by atomic mass is 10.1. The van der Waals surface area contributed by atoms with Gasteiger partial charge in [0.15, 0.2) is 11.5 Å². The third-order valence-electron chi connectivity index (χ3n) is 5.61. The van der Waals surface area contributed by atoms with Crippen LogP contribution in [0.25, 0.3) is 17.1 Å². The van der Waals surface area contributed by atoms with E-state index in [1.807, 2.05) is 55.5 Å². The Morgan fingerprint density at radius 1 is 0.909 bits per heavy atom. The maximum Gasteiger partial charge on any atom is 0.161 e. The Morgan fingerprint density at radius 3 is 2.45 bits per heavy atom. The van der Waals surface area contributed by atoms with Gasteiger partial charge in [-0.1, -0.05) is 48.6 Å². The van der Waals surface area contributed by atoms with Crippen LogP contribution in [0.15, 0.2) is 66.7 Å². The molecule has 0 radical (unpaired) electrons. The summed E-state index contributed by atoms with van der Waals surface area (Å²) in [6.07, 6.45) is 4.03.